The third-order valence-corrected chi connectivity index (χ3v) is 4.57. The van der Waals surface area contributed by atoms with E-state index in [2.05, 4.69) is 15.6 Å². The van der Waals surface area contributed by atoms with Crippen molar-refractivity contribution in [2.45, 2.75) is 77.0 Å². The molecule has 0 spiro atoms. The van der Waals surface area contributed by atoms with E-state index in [1.165, 1.54) is 0 Å². The first-order chi connectivity index (χ1) is 11.7. The zero-order chi connectivity index (χ0) is 18.5. The Kier molecular flexibility index (Phi) is 6.54. The van der Waals surface area contributed by atoms with Crippen LogP contribution in [0.1, 0.15) is 59.8 Å². The van der Waals surface area contributed by atoms with Gasteiger partial charge in [0.2, 0.25) is 0 Å². The van der Waals surface area contributed by atoms with Gasteiger partial charge in [0.25, 0.3) is 0 Å². The van der Waals surface area contributed by atoms with E-state index in [4.69, 9.17) is 4.74 Å². The van der Waals surface area contributed by atoms with Gasteiger partial charge in [0.15, 0.2) is 5.96 Å². The van der Waals surface area contributed by atoms with Crippen LogP contribution in [0.2, 0.25) is 0 Å². The molecule has 0 aromatic heterocycles. The second-order valence-electron chi connectivity index (χ2n) is 8.18. The van der Waals surface area contributed by atoms with Crippen molar-refractivity contribution in [2.24, 2.45) is 4.99 Å². The van der Waals surface area contributed by atoms with Gasteiger partial charge in [-0.05, 0) is 59.8 Å². The smallest absolute Gasteiger partial charge is 0.410 e. The van der Waals surface area contributed by atoms with Gasteiger partial charge < -0.3 is 25.4 Å². The SMILES string of the molecule is CCNC(=NCC1(O)CCC1)NC1CCCN(C(=O)OC(C)(C)C)C1. The van der Waals surface area contributed by atoms with Crippen LogP contribution >= 0.6 is 0 Å². The second-order valence-corrected chi connectivity index (χ2v) is 8.18. The van der Waals surface area contributed by atoms with Crippen molar-refractivity contribution in [3.05, 3.63) is 0 Å². The van der Waals surface area contributed by atoms with Crippen LogP contribution in [0.3, 0.4) is 0 Å². The van der Waals surface area contributed by atoms with Crippen LogP contribution in [-0.2, 0) is 4.74 Å². The van der Waals surface area contributed by atoms with Crippen LogP contribution in [0.15, 0.2) is 4.99 Å². The van der Waals surface area contributed by atoms with Crippen LogP contribution in [0.5, 0.6) is 0 Å². The zero-order valence-corrected chi connectivity index (χ0v) is 16.1. The van der Waals surface area contributed by atoms with Gasteiger partial charge in [-0.3, -0.25) is 4.99 Å². The number of carbonyl (C=O) groups excluding carboxylic acids is 1. The van der Waals surface area contributed by atoms with Crippen molar-refractivity contribution in [1.29, 1.82) is 0 Å². The fourth-order valence-corrected chi connectivity index (χ4v) is 3.07. The van der Waals surface area contributed by atoms with Crippen molar-refractivity contribution < 1.29 is 14.6 Å². The minimum atomic E-state index is -0.628. The van der Waals surface area contributed by atoms with Crippen LogP contribution in [0.25, 0.3) is 0 Å². The van der Waals surface area contributed by atoms with E-state index in [0.29, 0.717) is 19.0 Å². The lowest BCUT2D eigenvalue weighted by molar-refractivity contribution is -0.0236. The number of nitrogens with one attached hydrogen (secondary N) is 2. The van der Waals surface area contributed by atoms with E-state index in [9.17, 15) is 9.90 Å². The number of aliphatic hydroxyl groups is 1. The van der Waals surface area contributed by atoms with E-state index < -0.39 is 11.2 Å². The lowest BCUT2D eigenvalue weighted by Crippen LogP contribution is -2.53. The molecular formula is C18H34N4O3. The average molecular weight is 354 g/mol. The summed E-state index contributed by atoms with van der Waals surface area (Å²) >= 11 is 0. The average Bonchev–Trinajstić information content (AvgIpc) is 2.49. The molecule has 144 valence electrons. The monoisotopic (exact) mass is 354 g/mol. The molecule has 1 atom stereocenters. The highest BCUT2D eigenvalue weighted by Crippen LogP contribution is 2.31. The Morgan fingerprint density at radius 2 is 2.08 bits per heavy atom. The number of guanidine groups is 1. The minimum absolute atomic E-state index is 0.134. The summed E-state index contributed by atoms with van der Waals surface area (Å²) < 4.78 is 5.47. The molecule has 7 heteroatoms. The molecule has 7 nitrogen and oxygen atoms in total. The topological polar surface area (TPSA) is 86.2 Å². The fraction of sp³-hybridized carbons (Fsp3) is 0.889. The number of aliphatic imine (C=N–C) groups is 1. The van der Waals surface area contributed by atoms with Gasteiger partial charge in [0, 0.05) is 25.7 Å². The Morgan fingerprint density at radius 1 is 1.36 bits per heavy atom. The first-order valence-electron chi connectivity index (χ1n) is 9.46. The summed E-state index contributed by atoms with van der Waals surface area (Å²) in [6.07, 6.45) is 4.37. The van der Waals surface area contributed by atoms with Crippen molar-refractivity contribution >= 4 is 12.1 Å². The number of piperidine rings is 1. The van der Waals surface area contributed by atoms with E-state index >= 15 is 0 Å². The van der Waals surface area contributed by atoms with Crippen LogP contribution in [0.4, 0.5) is 4.79 Å². The van der Waals surface area contributed by atoms with Crippen LogP contribution < -0.4 is 10.6 Å². The summed E-state index contributed by atoms with van der Waals surface area (Å²) in [5, 5.41) is 16.9. The maximum atomic E-state index is 12.3. The molecule has 2 fully saturated rings. The van der Waals surface area contributed by atoms with Crippen molar-refractivity contribution in [2.75, 3.05) is 26.2 Å². The maximum absolute atomic E-state index is 12.3. The van der Waals surface area contributed by atoms with Gasteiger partial charge in [-0.2, -0.15) is 0 Å². The van der Waals surface area contributed by atoms with Crippen LogP contribution in [0, 0.1) is 0 Å². The summed E-state index contributed by atoms with van der Waals surface area (Å²) in [7, 11) is 0. The van der Waals surface area contributed by atoms with Crippen molar-refractivity contribution in [1.82, 2.24) is 15.5 Å². The number of carbonyl (C=O) groups is 1. The molecule has 1 aliphatic carbocycles. The number of rotatable bonds is 4. The van der Waals surface area contributed by atoms with Gasteiger partial charge >= 0.3 is 6.09 Å². The summed E-state index contributed by atoms with van der Waals surface area (Å²) in [5.41, 5.74) is -1.11. The van der Waals surface area contributed by atoms with Crippen molar-refractivity contribution in [3.63, 3.8) is 0 Å². The lowest BCUT2D eigenvalue weighted by atomic mass is 9.80. The molecule has 25 heavy (non-hydrogen) atoms. The van der Waals surface area contributed by atoms with Gasteiger partial charge in [0.1, 0.15) is 5.60 Å². The molecule has 1 aliphatic heterocycles. The molecular weight excluding hydrogens is 320 g/mol. The number of ether oxygens (including phenoxy) is 1. The highest BCUT2D eigenvalue weighted by Gasteiger charge is 2.34. The number of amides is 1. The van der Waals surface area contributed by atoms with E-state index in [-0.39, 0.29) is 12.1 Å². The quantitative estimate of drug-likeness (QED) is 0.530. The van der Waals surface area contributed by atoms with Gasteiger partial charge in [-0.1, -0.05) is 0 Å². The third-order valence-electron chi connectivity index (χ3n) is 4.57. The van der Waals surface area contributed by atoms with E-state index in [1.807, 2.05) is 27.7 Å². The Bertz CT molecular complexity index is 483. The maximum Gasteiger partial charge on any atom is 0.410 e. The summed E-state index contributed by atoms with van der Waals surface area (Å²) in [6, 6.07) is 0.134. The first kappa shape index (κ1) is 19.8. The van der Waals surface area contributed by atoms with Gasteiger partial charge in [0.05, 0.1) is 12.1 Å². The van der Waals surface area contributed by atoms with Crippen molar-refractivity contribution in [3.8, 4) is 0 Å². The summed E-state index contributed by atoms with van der Waals surface area (Å²) in [4.78, 5) is 18.6. The lowest BCUT2D eigenvalue weighted by Gasteiger charge is -2.36. The van der Waals surface area contributed by atoms with Crippen LogP contribution in [-0.4, -0.2) is 65.5 Å². The predicted octanol–water partition coefficient (Wildman–Crippen LogP) is 1.86. The molecule has 2 rings (SSSR count). The molecule has 1 saturated carbocycles. The Morgan fingerprint density at radius 3 is 2.64 bits per heavy atom. The molecule has 0 aromatic rings. The normalized spacial score (nSPS) is 23.6. The summed E-state index contributed by atoms with van der Waals surface area (Å²) in [5.74, 6) is 0.707. The third kappa shape index (κ3) is 6.38. The molecule has 0 radical (unpaired) electrons. The van der Waals surface area contributed by atoms with E-state index in [0.717, 1.165) is 45.2 Å². The number of hydrogen-bond donors (Lipinski definition) is 3. The minimum Gasteiger partial charge on any atom is -0.444 e. The largest absolute Gasteiger partial charge is 0.444 e. The van der Waals surface area contributed by atoms with Gasteiger partial charge in [-0.15, -0.1) is 0 Å². The molecule has 1 amide bonds. The predicted molar refractivity (Wildman–Crippen MR) is 98.7 cm³/mol. The highest BCUT2D eigenvalue weighted by molar-refractivity contribution is 5.80. The number of nitrogens with zero attached hydrogens (tertiary/aromatic N) is 2. The van der Waals surface area contributed by atoms with Gasteiger partial charge in [-0.25, -0.2) is 4.79 Å². The fourth-order valence-electron chi connectivity index (χ4n) is 3.07. The molecule has 1 unspecified atom stereocenters. The second kappa shape index (κ2) is 8.25. The molecule has 0 aromatic carbocycles. The Labute approximate surface area is 151 Å². The Balaban J connectivity index is 1.89. The zero-order valence-electron chi connectivity index (χ0n) is 16.1. The molecule has 1 saturated heterocycles. The molecule has 2 aliphatic rings. The Hall–Kier alpha value is -1.50. The highest BCUT2D eigenvalue weighted by atomic mass is 16.6. The standard InChI is InChI=1S/C18H34N4O3/c1-5-19-15(20-13-18(24)9-7-10-18)21-14-8-6-11-22(12-14)16(23)25-17(2,3)4/h14,24H,5-13H2,1-4H3,(H2,19,20,21). The number of likely N-dealkylation sites (tertiary alicyclic amines) is 1. The number of hydrogen-bond acceptors (Lipinski definition) is 4. The molecule has 0 bridgehead atoms. The molecule has 1 heterocycles. The van der Waals surface area contributed by atoms with E-state index in [1.54, 1.807) is 4.90 Å². The first-order valence-corrected chi connectivity index (χ1v) is 9.46. The molecule has 3 N–H and O–H groups in total. The summed E-state index contributed by atoms with van der Waals surface area (Å²) in [6.45, 7) is 10.2.